The molecule has 0 saturated carbocycles. The highest BCUT2D eigenvalue weighted by Crippen LogP contribution is 2.40. The molecule has 23 heavy (non-hydrogen) atoms. The maximum atomic E-state index is 10.9. The molecule has 0 fully saturated rings. The lowest BCUT2D eigenvalue weighted by Crippen LogP contribution is -2.26. The molecule has 0 aliphatic heterocycles. The van der Waals surface area contributed by atoms with Crippen molar-refractivity contribution in [2.24, 2.45) is 11.3 Å². The van der Waals surface area contributed by atoms with Crippen LogP contribution in [0.4, 0.5) is 10.8 Å². The summed E-state index contributed by atoms with van der Waals surface area (Å²) in [5.74, 6) is -0.201. The molecule has 2 aromatic rings. The van der Waals surface area contributed by atoms with Crippen molar-refractivity contribution in [3.05, 3.63) is 40.4 Å². The first-order chi connectivity index (χ1) is 10.8. The molecule has 0 spiro atoms. The van der Waals surface area contributed by atoms with Gasteiger partial charge in [0.25, 0.3) is 0 Å². The van der Waals surface area contributed by atoms with Gasteiger partial charge in [0.2, 0.25) is 0 Å². The van der Waals surface area contributed by atoms with Crippen LogP contribution in [0.25, 0.3) is 0 Å². The van der Waals surface area contributed by atoms with Crippen molar-refractivity contribution in [3.63, 3.8) is 0 Å². The fraction of sp³-hybridized carbons (Fsp3) is 0.444. The number of nitrogens with zero attached hydrogens (tertiary/aromatic N) is 1. The van der Waals surface area contributed by atoms with Crippen molar-refractivity contribution in [3.8, 4) is 0 Å². The van der Waals surface area contributed by atoms with Gasteiger partial charge < -0.3 is 10.4 Å². The zero-order valence-corrected chi connectivity index (χ0v) is 14.5. The van der Waals surface area contributed by atoms with Crippen molar-refractivity contribution in [1.29, 1.82) is 0 Å². The van der Waals surface area contributed by atoms with E-state index < -0.39 is 5.97 Å². The second kappa shape index (κ2) is 5.96. The number of aryl methyl sites for hydroxylation is 1. The van der Waals surface area contributed by atoms with Crippen LogP contribution in [0.2, 0.25) is 0 Å². The third kappa shape index (κ3) is 3.55. The first kappa shape index (κ1) is 16.0. The molecule has 5 heteroatoms. The average Bonchev–Trinajstić information content (AvgIpc) is 2.88. The lowest BCUT2D eigenvalue weighted by atomic mass is 9.73. The minimum absolute atomic E-state index is 0.294. The Morgan fingerprint density at radius 3 is 2.61 bits per heavy atom. The van der Waals surface area contributed by atoms with Crippen LogP contribution in [-0.4, -0.2) is 16.1 Å². The fourth-order valence-electron chi connectivity index (χ4n) is 2.99. The van der Waals surface area contributed by atoms with E-state index >= 15 is 0 Å². The first-order valence-corrected chi connectivity index (χ1v) is 8.73. The maximum absolute atomic E-state index is 10.9. The van der Waals surface area contributed by atoms with Gasteiger partial charge >= 0.3 is 5.97 Å². The molecule has 3 rings (SSSR count). The maximum Gasteiger partial charge on any atom is 0.335 e. The van der Waals surface area contributed by atoms with Crippen LogP contribution < -0.4 is 5.32 Å². The summed E-state index contributed by atoms with van der Waals surface area (Å²) in [4.78, 5) is 17.0. The van der Waals surface area contributed by atoms with Crippen molar-refractivity contribution < 1.29 is 9.90 Å². The lowest BCUT2D eigenvalue weighted by Gasteiger charge is -2.33. The lowest BCUT2D eigenvalue weighted by molar-refractivity contribution is 0.0697. The SMILES string of the molecule is CC(C)(C)C1CCc2nc(Nc3ccc(C(=O)O)cc3)sc2C1. The predicted molar refractivity (Wildman–Crippen MR) is 93.8 cm³/mol. The zero-order valence-electron chi connectivity index (χ0n) is 13.7. The molecule has 0 saturated heterocycles. The molecule has 0 bridgehead atoms. The summed E-state index contributed by atoms with van der Waals surface area (Å²) < 4.78 is 0. The zero-order chi connectivity index (χ0) is 16.6. The van der Waals surface area contributed by atoms with Gasteiger partial charge in [-0.1, -0.05) is 20.8 Å². The van der Waals surface area contributed by atoms with Gasteiger partial charge in [-0.15, -0.1) is 11.3 Å². The quantitative estimate of drug-likeness (QED) is 0.853. The number of hydrogen-bond acceptors (Lipinski definition) is 4. The van der Waals surface area contributed by atoms with Gasteiger partial charge in [-0.3, -0.25) is 0 Å². The molecule has 4 nitrogen and oxygen atoms in total. The minimum atomic E-state index is -0.908. The molecule has 2 N–H and O–H groups in total. The van der Waals surface area contributed by atoms with E-state index in [1.807, 2.05) is 0 Å². The van der Waals surface area contributed by atoms with Crippen LogP contribution >= 0.6 is 11.3 Å². The van der Waals surface area contributed by atoms with Crippen molar-refractivity contribution in [1.82, 2.24) is 4.98 Å². The summed E-state index contributed by atoms with van der Waals surface area (Å²) in [6, 6.07) is 6.77. The third-order valence-electron chi connectivity index (χ3n) is 4.55. The number of thiazole rings is 1. The Bertz CT molecular complexity index is 714. The standard InChI is InChI=1S/C18H22N2O2S/c1-18(2,3)12-6-9-14-15(10-12)23-17(20-14)19-13-7-4-11(5-8-13)16(21)22/h4-5,7-8,12H,6,9-10H2,1-3H3,(H,19,20)(H,21,22). The van der Waals surface area contributed by atoms with E-state index in [1.165, 1.54) is 17.0 Å². The Balaban J connectivity index is 1.74. The smallest absolute Gasteiger partial charge is 0.335 e. The van der Waals surface area contributed by atoms with Gasteiger partial charge in [-0.25, -0.2) is 9.78 Å². The van der Waals surface area contributed by atoms with E-state index in [4.69, 9.17) is 10.1 Å². The van der Waals surface area contributed by atoms with Gasteiger partial charge in [-0.05, 0) is 54.9 Å². The Labute approximate surface area is 140 Å². The van der Waals surface area contributed by atoms with Gasteiger partial charge in [-0.2, -0.15) is 0 Å². The Kier molecular flexibility index (Phi) is 4.15. The van der Waals surface area contributed by atoms with Crippen LogP contribution in [0.1, 0.15) is 48.1 Å². The summed E-state index contributed by atoms with van der Waals surface area (Å²) in [5.41, 5.74) is 2.72. The molecule has 0 amide bonds. The van der Waals surface area contributed by atoms with E-state index in [0.29, 0.717) is 16.9 Å². The highest BCUT2D eigenvalue weighted by atomic mass is 32.1. The summed E-state index contributed by atoms with van der Waals surface area (Å²) >= 11 is 1.72. The van der Waals surface area contributed by atoms with Crippen molar-refractivity contribution in [2.75, 3.05) is 5.32 Å². The second-order valence-electron chi connectivity index (χ2n) is 7.20. The van der Waals surface area contributed by atoms with Crippen molar-refractivity contribution >= 4 is 28.1 Å². The van der Waals surface area contributed by atoms with E-state index in [1.54, 1.807) is 35.6 Å². The Hall–Kier alpha value is -1.88. The van der Waals surface area contributed by atoms with E-state index in [-0.39, 0.29) is 0 Å². The molecule has 1 aliphatic carbocycles. The average molecular weight is 330 g/mol. The molecule has 1 unspecified atom stereocenters. The van der Waals surface area contributed by atoms with Crippen molar-refractivity contribution in [2.45, 2.75) is 40.0 Å². The van der Waals surface area contributed by atoms with Crippen LogP contribution in [-0.2, 0) is 12.8 Å². The first-order valence-electron chi connectivity index (χ1n) is 7.92. The van der Waals surface area contributed by atoms with E-state index in [0.717, 1.165) is 23.7 Å². The Morgan fingerprint density at radius 1 is 1.30 bits per heavy atom. The number of carboxylic acids is 1. The number of benzene rings is 1. The normalized spacial score (nSPS) is 17.6. The summed E-state index contributed by atoms with van der Waals surface area (Å²) in [6.07, 6.45) is 3.36. The van der Waals surface area contributed by atoms with Gasteiger partial charge in [0.15, 0.2) is 5.13 Å². The van der Waals surface area contributed by atoms with Gasteiger partial charge in [0.05, 0.1) is 11.3 Å². The third-order valence-corrected chi connectivity index (χ3v) is 5.58. The number of hydrogen-bond donors (Lipinski definition) is 2. The molecule has 1 atom stereocenters. The number of fused-ring (bicyclic) bond motifs is 1. The number of carboxylic acid groups (broad SMARTS) is 1. The molecule has 122 valence electrons. The molecule has 1 aromatic heterocycles. The molecular weight excluding hydrogens is 308 g/mol. The molecule has 0 radical (unpaired) electrons. The number of rotatable bonds is 3. The molecule has 1 aliphatic rings. The predicted octanol–water partition coefficient (Wildman–Crippen LogP) is 4.74. The highest BCUT2D eigenvalue weighted by molar-refractivity contribution is 7.15. The minimum Gasteiger partial charge on any atom is -0.478 e. The number of anilines is 2. The Morgan fingerprint density at radius 2 is 2.00 bits per heavy atom. The van der Waals surface area contributed by atoms with Gasteiger partial charge in [0.1, 0.15) is 0 Å². The second-order valence-corrected chi connectivity index (χ2v) is 8.29. The highest BCUT2D eigenvalue weighted by Gasteiger charge is 2.30. The van der Waals surface area contributed by atoms with E-state index in [2.05, 4.69) is 26.1 Å². The van der Waals surface area contributed by atoms with E-state index in [9.17, 15) is 4.79 Å². The number of aromatic carboxylic acids is 1. The van der Waals surface area contributed by atoms with Crippen LogP contribution in [0, 0.1) is 11.3 Å². The monoisotopic (exact) mass is 330 g/mol. The van der Waals surface area contributed by atoms with Gasteiger partial charge in [0, 0.05) is 10.6 Å². The topological polar surface area (TPSA) is 62.2 Å². The van der Waals surface area contributed by atoms with Crippen LogP contribution in [0.3, 0.4) is 0 Å². The fourth-order valence-corrected chi connectivity index (χ4v) is 4.10. The van der Waals surface area contributed by atoms with Crippen LogP contribution in [0.5, 0.6) is 0 Å². The van der Waals surface area contributed by atoms with Crippen LogP contribution in [0.15, 0.2) is 24.3 Å². The molecule has 1 heterocycles. The summed E-state index contributed by atoms with van der Waals surface area (Å²) in [5, 5.41) is 13.1. The number of aromatic nitrogens is 1. The largest absolute Gasteiger partial charge is 0.478 e. The number of nitrogens with one attached hydrogen (secondary N) is 1. The molecule has 1 aromatic carbocycles. The molecular formula is C18H22N2O2S. The summed E-state index contributed by atoms with van der Waals surface area (Å²) in [7, 11) is 0. The summed E-state index contributed by atoms with van der Waals surface area (Å²) in [6.45, 7) is 6.94. The number of carbonyl (C=O) groups is 1.